The maximum absolute atomic E-state index is 5.01. The maximum atomic E-state index is 5.01. The molecule has 0 radical (unpaired) electrons. The van der Waals surface area contributed by atoms with Crippen LogP contribution in [0.2, 0.25) is 0 Å². The Morgan fingerprint density at radius 1 is 0.551 bits per heavy atom. The lowest BCUT2D eigenvalue weighted by molar-refractivity contribution is 0.661. The molecule has 0 aliphatic heterocycles. The van der Waals surface area contributed by atoms with Crippen LogP contribution in [-0.2, 0) is 5.41 Å². The summed E-state index contributed by atoms with van der Waals surface area (Å²) in [6, 6.07) is 46.9. The Bertz CT molecular complexity index is 2680. The Morgan fingerprint density at radius 2 is 1.18 bits per heavy atom. The molecule has 1 aliphatic carbocycles. The van der Waals surface area contributed by atoms with Crippen LogP contribution in [0.5, 0.6) is 0 Å². The van der Waals surface area contributed by atoms with Crippen LogP contribution in [0.25, 0.3) is 83.0 Å². The molecule has 1 aliphatic rings. The van der Waals surface area contributed by atoms with Gasteiger partial charge in [0.05, 0.1) is 26.8 Å². The molecule has 0 bridgehead atoms. The molecule has 5 nitrogen and oxygen atoms in total. The average molecular weight is 648 g/mol. The van der Waals surface area contributed by atoms with Crippen molar-refractivity contribution < 1.29 is 0 Å². The van der Waals surface area contributed by atoms with Crippen molar-refractivity contribution in [2.75, 3.05) is 0 Å². The summed E-state index contributed by atoms with van der Waals surface area (Å²) in [5.41, 5.74) is 14.6. The molecule has 0 N–H and O–H groups in total. The van der Waals surface area contributed by atoms with E-state index in [0.717, 1.165) is 44.3 Å². The minimum atomic E-state index is -0.0845. The Morgan fingerprint density at radius 3 is 1.92 bits per heavy atom. The normalized spacial score (nSPS) is 13.3. The predicted octanol–water partition coefficient (Wildman–Crippen LogP) is 10.9. The van der Waals surface area contributed by atoms with Gasteiger partial charge in [-0.25, -0.2) is 19.9 Å². The second-order valence-corrected chi connectivity index (χ2v) is 14.0. The van der Waals surface area contributed by atoms with Gasteiger partial charge in [0, 0.05) is 44.1 Å². The van der Waals surface area contributed by atoms with Crippen molar-refractivity contribution in [1.29, 1.82) is 0 Å². The molecule has 3 aromatic heterocycles. The lowest BCUT2D eigenvalue weighted by Gasteiger charge is -2.21. The second-order valence-electron chi connectivity index (χ2n) is 13.2. The number of thiazole rings is 1. The summed E-state index contributed by atoms with van der Waals surface area (Å²) in [6.45, 7) is 4.67. The van der Waals surface area contributed by atoms with Gasteiger partial charge in [0.2, 0.25) is 0 Å². The van der Waals surface area contributed by atoms with Gasteiger partial charge in [-0.15, -0.1) is 11.3 Å². The molecule has 0 saturated heterocycles. The average Bonchev–Trinajstić information content (AvgIpc) is 3.83. The van der Waals surface area contributed by atoms with Gasteiger partial charge in [-0.05, 0) is 59.2 Å². The SMILES string of the molecule is CC1(C)c2ccc(-n3c4ccccc4c4cc(-c5nc(-c6ccccc6)nc(-c6ccccc6)n5)ccc43)cc2-c2c1ccc1ncsc21. The molecule has 10 rings (SSSR count). The zero-order chi connectivity index (χ0) is 32.7. The zero-order valence-corrected chi connectivity index (χ0v) is 27.7. The summed E-state index contributed by atoms with van der Waals surface area (Å²) >= 11 is 1.73. The zero-order valence-electron chi connectivity index (χ0n) is 26.9. The highest BCUT2D eigenvalue weighted by Crippen LogP contribution is 2.52. The van der Waals surface area contributed by atoms with E-state index in [9.17, 15) is 0 Å². The lowest BCUT2D eigenvalue weighted by Crippen LogP contribution is -2.14. The minimum Gasteiger partial charge on any atom is -0.309 e. The van der Waals surface area contributed by atoms with Crippen LogP contribution >= 0.6 is 11.3 Å². The number of benzene rings is 6. The topological polar surface area (TPSA) is 56.5 Å². The van der Waals surface area contributed by atoms with Crippen molar-refractivity contribution >= 4 is 43.4 Å². The van der Waals surface area contributed by atoms with Gasteiger partial charge in [0.15, 0.2) is 17.5 Å². The first-order chi connectivity index (χ1) is 24.0. The van der Waals surface area contributed by atoms with Gasteiger partial charge in [-0.2, -0.15) is 0 Å². The molecule has 0 amide bonds. The van der Waals surface area contributed by atoms with E-state index in [-0.39, 0.29) is 5.41 Å². The number of rotatable bonds is 4. The van der Waals surface area contributed by atoms with Crippen LogP contribution in [0.15, 0.2) is 139 Å². The molecular formula is C43H29N5S. The largest absolute Gasteiger partial charge is 0.309 e. The van der Waals surface area contributed by atoms with Crippen LogP contribution in [0.1, 0.15) is 25.0 Å². The molecule has 0 saturated carbocycles. The van der Waals surface area contributed by atoms with Crippen LogP contribution in [-0.4, -0.2) is 24.5 Å². The van der Waals surface area contributed by atoms with Crippen molar-refractivity contribution in [3.05, 3.63) is 150 Å². The predicted molar refractivity (Wildman–Crippen MR) is 201 cm³/mol. The van der Waals surface area contributed by atoms with Gasteiger partial charge in [0.25, 0.3) is 0 Å². The third-order valence-corrected chi connectivity index (χ3v) is 10.9. The van der Waals surface area contributed by atoms with Gasteiger partial charge in [0.1, 0.15) is 0 Å². The van der Waals surface area contributed by atoms with E-state index in [1.165, 1.54) is 32.3 Å². The summed E-state index contributed by atoms with van der Waals surface area (Å²) in [6.07, 6.45) is 0. The minimum absolute atomic E-state index is 0.0845. The molecule has 0 spiro atoms. The third-order valence-electron chi connectivity index (χ3n) is 10.0. The molecule has 3 heterocycles. The van der Waals surface area contributed by atoms with Crippen LogP contribution in [0.3, 0.4) is 0 Å². The monoisotopic (exact) mass is 647 g/mol. The fourth-order valence-electron chi connectivity index (χ4n) is 7.61. The lowest BCUT2D eigenvalue weighted by atomic mass is 9.82. The fourth-order valence-corrected chi connectivity index (χ4v) is 8.46. The number of nitrogens with zero attached hydrogens (tertiary/aromatic N) is 5. The van der Waals surface area contributed by atoms with Crippen molar-refractivity contribution in [2.24, 2.45) is 0 Å². The van der Waals surface area contributed by atoms with Crippen LogP contribution in [0.4, 0.5) is 0 Å². The number of hydrogen-bond donors (Lipinski definition) is 0. The van der Waals surface area contributed by atoms with E-state index in [1.807, 2.05) is 66.2 Å². The van der Waals surface area contributed by atoms with Crippen LogP contribution < -0.4 is 0 Å². The Hall–Kier alpha value is -5.98. The molecule has 6 aromatic carbocycles. The molecule has 49 heavy (non-hydrogen) atoms. The van der Waals surface area contributed by atoms with Crippen molar-refractivity contribution in [3.63, 3.8) is 0 Å². The second kappa shape index (κ2) is 10.5. The number of fused-ring (bicyclic) bond motifs is 8. The number of hydrogen-bond acceptors (Lipinski definition) is 5. The van der Waals surface area contributed by atoms with Gasteiger partial charge in [-0.3, -0.25) is 0 Å². The summed E-state index contributed by atoms with van der Waals surface area (Å²) < 4.78 is 3.65. The first kappa shape index (κ1) is 28.1. The molecule has 0 unspecified atom stereocenters. The Balaban J connectivity index is 1.17. The first-order valence-electron chi connectivity index (χ1n) is 16.5. The maximum Gasteiger partial charge on any atom is 0.164 e. The highest BCUT2D eigenvalue weighted by atomic mass is 32.1. The Kier molecular flexibility index (Phi) is 6.02. The Labute approximate surface area is 287 Å². The van der Waals surface area contributed by atoms with E-state index in [4.69, 9.17) is 15.0 Å². The van der Waals surface area contributed by atoms with Gasteiger partial charge < -0.3 is 4.57 Å². The standard InChI is InChI=1S/C43H29N5S/c1-43(2)33-19-18-29(24-32(33)38-34(43)20-21-35-39(38)49-25-44-35)48-36-16-10-9-15-30(36)31-23-28(17-22-37(31)48)42-46-40(26-11-5-3-6-12-26)45-41(47-42)27-13-7-4-8-14-27/h3-25H,1-2H3. The molecule has 232 valence electrons. The number of aromatic nitrogens is 5. The van der Waals surface area contributed by atoms with E-state index in [1.54, 1.807) is 11.3 Å². The fraction of sp³-hybridized carbons (Fsp3) is 0.0698. The third kappa shape index (κ3) is 4.24. The number of para-hydroxylation sites is 1. The van der Waals surface area contributed by atoms with Gasteiger partial charge >= 0.3 is 0 Å². The molecule has 9 aromatic rings. The van der Waals surface area contributed by atoms with E-state index >= 15 is 0 Å². The van der Waals surface area contributed by atoms with Crippen molar-refractivity contribution in [2.45, 2.75) is 19.3 Å². The first-order valence-corrected chi connectivity index (χ1v) is 17.3. The molecule has 6 heteroatoms. The summed E-state index contributed by atoms with van der Waals surface area (Å²) in [5, 5.41) is 2.34. The quantitative estimate of drug-likeness (QED) is 0.191. The molecule has 0 atom stereocenters. The summed E-state index contributed by atoms with van der Waals surface area (Å²) in [7, 11) is 0. The summed E-state index contributed by atoms with van der Waals surface area (Å²) in [4.78, 5) is 19.6. The van der Waals surface area contributed by atoms with Gasteiger partial charge in [-0.1, -0.05) is 105 Å². The highest BCUT2D eigenvalue weighted by Gasteiger charge is 2.37. The van der Waals surface area contributed by atoms with E-state index in [2.05, 4.69) is 96.2 Å². The summed E-state index contributed by atoms with van der Waals surface area (Å²) in [5.74, 6) is 1.96. The van der Waals surface area contributed by atoms with E-state index in [0.29, 0.717) is 17.5 Å². The van der Waals surface area contributed by atoms with Crippen molar-refractivity contribution in [3.8, 4) is 51.0 Å². The molecule has 0 fully saturated rings. The van der Waals surface area contributed by atoms with Crippen LogP contribution in [0, 0.1) is 0 Å². The van der Waals surface area contributed by atoms with Crippen molar-refractivity contribution in [1.82, 2.24) is 24.5 Å². The van der Waals surface area contributed by atoms with E-state index < -0.39 is 0 Å². The highest BCUT2D eigenvalue weighted by molar-refractivity contribution is 7.17. The smallest absolute Gasteiger partial charge is 0.164 e. The molecular weight excluding hydrogens is 619 g/mol.